The SMILES string of the molecule is c1ccc(-c2ccc(Nc3ccc(-c4ccccc4-n4c5ccccc5c5c6ccccc6ccc54)cc3)cc2)cc1. The van der Waals surface area contributed by atoms with Crippen molar-refractivity contribution in [2.24, 2.45) is 0 Å². The zero-order chi connectivity index (χ0) is 27.9. The van der Waals surface area contributed by atoms with Crippen LogP contribution in [-0.4, -0.2) is 4.57 Å². The Balaban J connectivity index is 1.17. The molecule has 2 heteroatoms. The zero-order valence-corrected chi connectivity index (χ0v) is 23.0. The molecule has 1 heterocycles. The second-order valence-electron chi connectivity index (χ2n) is 10.7. The summed E-state index contributed by atoms with van der Waals surface area (Å²) in [4.78, 5) is 0. The van der Waals surface area contributed by atoms with Crippen LogP contribution in [-0.2, 0) is 0 Å². The van der Waals surface area contributed by atoms with Gasteiger partial charge in [-0.1, -0.05) is 121 Å². The first kappa shape index (κ1) is 24.2. The molecule has 8 rings (SSSR count). The molecule has 0 unspecified atom stereocenters. The lowest BCUT2D eigenvalue weighted by Gasteiger charge is -2.15. The van der Waals surface area contributed by atoms with Crippen molar-refractivity contribution in [3.8, 4) is 27.9 Å². The second kappa shape index (κ2) is 10.1. The van der Waals surface area contributed by atoms with Crippen molar-refractivity contribution >= 4 is 44.0 Å². The number of para-hydroxylation sites is 2. The van der Waals surface area contributed by atoms with E-state index in [2.05, 4.69) is 168 Å². The van der Waals surface area contributed by atoms with Crippen LogP contribution in [0.2, 0.25) is 0 Å². The van der Waals surface area contributed by atoms with Gasteiger partial charge in [-0.2, -0.15) is 0 Å². The minimum Gasteiger partial charge on any atom is -0.356 e. The van der Waals surface area contributed by atoms with Crippen molar-refractivity contribution in [3.63, 3.8) is 0 Å². The molecule has 0 aliphatic heterocycles. The molecular weight excluding hydrogens is 508 g/mol. The third-order valence-electron chi connectivity index (χ3n) is 8.18. The van der Waals surface area contributed by atoms with Crippen LogP contribution in [0, 0.1) is 0 Å². The van der Waals surface area contributed by atoms with E-state index in [4.69, 9.17) is 0 Å². The summed E-state index contributed by atoms with van der Waals surface area (Å²) in [6.45, 7) is 0. The van der Waals surface area contributed by atoms with Gasteiger partial charge in [-0.3, -0.25) is 0 Å². The van der Waals surface area contributed by atoms with Gasteiger partial charge in [-0.05, 0) is 69.9 Å². The summed E-state index contributed by atoms with van der Waals surface area (Å²) in [6.07, 6.45) is 0. The van der Waals surface area contributed by atoms with Gasteiger partial charge in [0.1, 0.15) is 0 Å². The van der Waals surface area contributed by atoms with E-state index >= 15 is 0 Å². The predicted molar refractivity (Wildman–Crippen MR) is 179 cm³/mol. The van der Waals surface area contributed by atoms with E-state index in [1.165, 1.54) is 60.5 Å². The molecule has 198 valence electrons. The monoisotopic (exact) mass is 536 g/mol. The maximum absolute atomic E-state index is 3.56. The lowest BCUT2D eigenvalue weighted by molar-refractivity contribution is 1.18. The molecule has 0 fully saturated rings. The van der Waals surface area contributed by atoms with Crippen LogP contribution in [0.15, 0.2) is 164 Å². The Morgan fingerprint density at radius 2 is 0.976 bits per heavy atom. The van der Waals surface area contributed by atoms with Gasteiger partial charge in [0.2, 0.25) is 0 Å². The third-order valence-corrected chi connectivity index (χ3v) is 8.18. The van der Waals surface area contributed by atoms with Gasteiger partial charge in [0, 0.05) is 27.7 Å². The smallest absolute Gasteiger partial charge is 0.0547 e. The van der Waals surface area contributed by atoms with E-state index in [-0.39, 0.29) is 0 Å². The quantitative estimate of drug-likeness (QED) is 0.231. The average molecular weight is 537 g/mol. The lowest BCUT2D eigenvalue weighted by Crippen LogP contribution is -1.97. The molecule has 8 aromatic rings. The van der Waals surface area contributed by atoms with Gasteiger partial charge >= 0.3 is 0 Å². The number of fused-ring (bicyclic) bond motifs is 5. The summed E-state index contributed by atoms with van der Waals surface area (Å²) >= 11 is 0. The highest BCUT2D eigenvalue weighted by Crippen LogP contribution is 2.39. The number of benzene rings is 7. The van der Waals surface area contributed by atoms with Crippen molar-refractivity contribution in [2.75, 3.05) is 5.32 Å². The summed E-state index contributed by atoms with van der Waals surface area (Å²) in [7, 11) is 0. The molecule has 2 nitrogen and oxygen atoms in total. The molecule has 0 bridgehead atoms. The van der Waals surface area contributed by atoms with Gasteiger partial charge < -0.3 is 9.88 Å². The standard InChI is InChI=1S/C40H28N2/c1-2-10-28(11-3-1)29-18-23-32(24-19-29)41-33-25-20-31(21-26-33)34-13-6-8-16-37(34)42-38-17-9-7-15-36(38)40-35-14-5-4-12-30(35)22-27-39(40)42/h1-27,41H. The first-order valence-corrected chi connectivity index (χ1v) is 14.4. The van der Waals surface area contributed by atoms with E-state index in [1.54, 1.807) is 0 Å². The summed E-state index contributed by atoms with van der Waals surface area (Å²) in [5, 5.41) is 8.69. The van der Waals surface area contributed by atoms with Crippen LogP contribution in [0.3, 0.4) is 0 Å². The number of hydrogen-bond acceptors (Lipinski definition) is 1. The molecule has 0 spiro atoms. The summed E-state index contributed by atoms with van der Waals surface area (Å²) < 4.78 is 2.42. The fourth-order valence-electron chi connectivity index (χ4n) is 6.19. The normalized spacial score (nSPS) is 11.3. The Labute approximate surface area is 245 Å². The highest BCUT2D eigenvalue weighted by molar-refractivity contribution is 6.21. The van der Waals surface area contributed by atoms with E-state index < -0.39 is 0 Å². The van der Waals surface area contributed by atoms with Crippen molar-refractivity contribution in [1.29, 1.82) is 0 Å². The van der Waals surface area contributed by atoms with Crippen LogP contribution in [0.4, 0.5) is 11.4 Å². The molecule has 1 aromatic heterocycles. The van der Waals surface area contributed by atoms with Gasteiger partial charge in [-0.15, -0.1) is 0 Å². The molecule has 0 radical (unpaired) electrons. The zero-order valence-electron chi connectivity index (χ0n) is 23.0. The third kappa shape index (κ3) is 4.13. The molecule has 0 aliphatic rings. The number of anilines is 2. The Morgan fingerprint density at radius 1 is 0.381 bits per heavy atom. The minimum atomic E-state index is 1.06. The van der Waals surface area contributed by atoms with Crippen LogP contribution in [0.1, 0.15) is 0 Å². The van der Waals surface area contributed by atoms with E-state index in [9.17, 15) is 0 Å². The maximum atomic E-state index is 3.56. The fraction of sp³-hybridized carbons (Fsp3) is 0. The van der Waals surface area contributed by atoms with Gasteiger partial charge in [-0.25, -0.2) is 0 Å². The molecule has 42 heavy (non-hydrogen) atoms. The van der Waals surface area contributed by atoms with Gasteiger partial charge in [0.05, 0.1) is 16.7 Å². The Bertz CT molecular complexity index is 2190. The maximum Gasteiger partial charge on any atom is 0.0547 e. The predicted octanol–water partition coefficient (Wildman–Crippen LogP) is 11.0. The summed E-state index contributed by atoms with van der Waals surface area (Å²) in [6, 6.07) is 58.5. The fourth-order valence-corrected chi connectivity index (χ4v) is 6.19. The number of nitrogens with zero attached hydrogens (tertiary/aromatic N) is 1. The van der Waals surface area contributed by atoms with Crippen LogP contribution < -0.4 is 5.32 Å². The molecular formula is C40H28N2. The Kier molecular flexibility index (Phi) is 5.82. The first-order valence-electron chi connectivity index (χ1n) is 14.4. The summed E-state index contributed by atoms with van der Waals surface area (Å²) in [5.74, 6) is 0. The largest absolute Gasteiger partial charge is 0.356 e. The van der Waals surface area contributed by atoms with E-state index in [1.807, 2.05) is 6.07 Å². The molecule has 0 amide bonds. The van der Waals surface area contributed by atoms with Crippen molar-refractivity contribution in [1.82, 2.24) is 4.57 Å². The topological polar surface area (TPSA) is 17.0 Å². The molecule has 1 N–H and O–H groups in total. The molecule has 0 saturated heterocycles. The second-order valence-corrected chi connectivity index (χ2v) is 10.7. The van der Waals surface area contributed by atoms with Gasteiger partial charge in [0.25, 0.3) is 0 Å². The number of hydrogen-bond donors (Lipinski definition) is 1. The highest BCUT2D eigenvalue weighted by atomic mass is 15.0. The van der Waals surface area contributed by atoms with Crippen molar-refractivity contribution in [2.45, 2.75) is 0 Å². The van der Waals surface area contributed by atoms with Crippen molar-refractivity contribution in [3.05, 3.63) is 164 Å². The molecule has 7 aromatic carbocycles. The number of aromatic nitrogens is 1. The van der Waals surface area contributed by atoms with Crippen molar-refractivity contribution < 1.29 is 0 Å². The molecule has 0 saturated carbocycles. The van der Waals surface area contributed by atoms with Crippen LogP contribution in [0.25, 0.3) is 60.5 Å². The summed E-state index contributed by atoms with van der Waals surface area (Å²) in [5.41, 5.74) is 10.6. The Morgan fingerprint density at radius 3 is 1.76 bits per heavy atom. The molecule has 0 aliphatic carbocycles. The lowest BCUT2D eigenvalue weighted by atomic mass is 10.0. The van der Waals surface area contributed by atoms with E-state index in [0.29, 0.717) is 0 Å². The number of nitrogens with one attached hydrogen (secondary N) is 1. The molecule has 0 atom stereocenters. The van der Waals surface area contributed by atoms with Crippen LogP contribution in [0.5, 0.6) is 0 Å². The average Bonchev–Trinajstić information content (AvgIpc) is 3.41. The van der Waals surface area contributed by atoms with E-state index in [0.717, 1.165) is 11.4 Å². The van der Waals surface area contributed by atoms with Crippen LogP contribution >= 0.6 is 0 Å². The minimum absolute atomic E-state index is 1.06. The number of rotatable bonds is 5. The first-order chi connectivity index (χ1) is 20.8. The highest BCUT2D eigenvalue weighted by Gasteiger charge is 2.17. The van der Waals surface area contributed by atoms with Gasteiger partial charge in [0.15, 0.2) is 0 Å². The Hall–Kier alpha value is -5.60.